The van der Waals surface area contributed by atoms with Crippen LogP contribution in [0.3, 0.4) is 0 Å². The van der Waals surface area contributed by atoms with Crippen molar-refractivity contribution in [3.05, 3.63) is 53.7 Å². The zero-order chi connectivity index (χ0) is 19.1. The van der Waals surface area contributed by atoms with Gasteiger partial charge in [0.15, 0.2) is 5.82 Å². The van der Waals surface area contributed by atoms with E-state index in [1.54, 1.807) is 0 Å². The molecule has 0 unspecified atom stereocenters. The van der Waals surface area contributed by atoms with E-state index in [0.29, 0.717) is 6.07 Å². The lowest BCUT2D eigenvalue weighted by molar-refractivity contribution is 0.585. The Morgan fingerprint density at radius 3 is 2.46 bits per heavy atom. The molecule has 2 aromatic heterocycles. The number of nitrogens with zero attached hydrogens (tertiary/aromatic N) is 4. The first-order valence-electron chi connectivity index (χ1n) is 6.95. The Balaban J connectivity index is 2.16. The second-order valence-electron chi connectivity index (χ2n) is 5.15. The molecule has 0 radical (unpaired) electrons. The van der Waals surface area contributed by atoms with E-state index in [9.17, 15) is 22.5 Å². The van der Waals surface area contributed by atoms with Crippen molar-refractivity contribution in [1.82, 2.24) is 14.8 Å². The number of halogens is 2. The summed E-state index contributed by atoms with van der Waals surface area (Å²) >= 11 is 0. The highest BCUT2D eigenvalue weighted by Gasteiger charge is 2.21. The topological polar surface area (TPSA) is 141 Å². The summed E-state index contributed by atoms with van der Waals surface area (Å²) in [7, 11) is -3.93. The predicted molar refractivity (Wildman–Crippen MR) is 87.2 cm³/mol. The molecule has 0 aliphatic heterocycles. The zero-order valence-electron chi connectivity index (χ0n) is 12.9. The van der Waals surface area contributed by atoms with Crippen LogP contribution in [-0.4, -0.2) is 23.2 Å². The number of benzene rings is 1. The highest BCUT2D eigenvalue weighted by molar-refractivity contribution is 7.89. The van der Waals surface area contributed by atoms with Gasteiger partial charge in [0.05, 0.1) is 0 Å². The van der Waals surface area contributed by atoms with Crippen LogP contribution in [-0.2, 0) is 10.0 Å². The fourth-order valence-electron chi connectivity index (χ4n) is 2.25. The third kappa shape index (κ3) is 2.99. The molecule has 0 amide bonds. The van der Waals surface area contributed by atoms with Gasteiger partial charge in [-0.2, -0.15) is 15.0 Å². The second kappa shape index (κ2) is 6.17. The molecule has 3 rings (SSSR count). The van der Waals surface area contributed by atoms with Crippen molar-refractivity contribution in [3.63, 3.8) is 0 Å². The third-order valence-electron chi connectivity index (χ3n) is 3.49. The first-order chi connectivity index (χ1) is 12.2. The molecule has 2 heterocycles. The molecule has 0 bridgehead atoms. The molecule has 0 spiro atoms. The fraction of sp³-hybridized carbons (Fsp3) is 0. The smallest absolute Gasteiger partial charge is 0.239 e. The summed E-state index contributed by atoms with van der Waals surface area (Å²) < 4.78 is 50.7. The van der Waals surface area contributed by atoms with Crippen LogP contribution in [0, 0.1) is 23.0 Å². The lowest BCUT2D eigenvalue weighted by Gasteiger charge is -2.04. The van der Waals surface area contributed by atoms with E-state index in [2.05, 4.69) is 10.1 Å². The average molecular weight is 376 g/mol. The molecule has 0 aliphatic carbocycles. The van der Waals surface area contributed by atoms with Gasteiger partial charge in [-0.25, -0.2) is 27.3 Å². The summed E-state index contributed by atoms with van der Waals surface area (Å²) in [5.41, 5.74) is 5.54. The monoisotopic (exact) mass is 376 g/mol. The Morgan fingerprint density at radius 1 is 1.19 bits per heavy atom. The predicted octanol–water partition coefficient (Wildman–Crippen LogP) is 1.31. The molecule has 0 fully saturated rings. The van der Waals surface area contributed by atoms with Gasteiger partial charge in [-0.1, -0.05) is 0 Å². The van der Waals surface area contributed by atoms with Crippen LogP contribution in [0.2, 0.25) is 0 Å². The van der Waals surface area contributed by atoms with Crippen molar-refractivity contribution in [1.29, 1.82) is 5.26 Å². The van der Waals surface area contributed by atoms with Crippen LogP contribution in [0.4, 0.5) is 14.6 Å². The molecule has 0 saturated carbocycles. The van der Waals surface area contributed by atoms with Crippen molar-refractivity contribution in [2.45, 2.75) is 4.90 Å². The van der Waals surface area contributed by atoms with Crippen molar-refractivity contribution in [2.24, 2.45) is 5.14 Å². The molecule has 11 heteroatoms. The van der Waals surface area contributed by atoms with Gasteiger partial charge in [-0.15, -0.1) is 0 Å². The summed E-state index contributed by atoms with van der Waals surface area (Å²) in [6.45, 7) is 0. The van der Waals surface area contributed by atoms with Gasteiger partial charge in [0, 0.05) is 17.8 Å². The Kier molecular flexibility index (Phi) is 4.15. The highest BCUT2D eigenvalue weighted by Crippen LogP contribution is 2.30. The minimum absolute atomic E-state index is 0.0835. The van der Waals surface area contributed by atoms with Crippen LogP contribution >= 0.6 is 0 Å². The van der Waals surface area contributed by atoms with Gasteiger partial charge in [0.1, 0.15) is 39.7 Å². The van der Waals surface area contributed by atoms with Crippen LogP contribution in [0.15, 0.2) is 41.4 Å². The number of aromatic nitrogens is 3. The quantitative estimate of drug-likeness (QED) is 0.706. The van der Waals surface area contributed by atoms with E-state index in [-0.39, 0.29) is 33.4 Å². The van der Waals surface area contributed by atoms with Gasteiger partial charge in [-0.05, 0) is 24.3 Å². The molecule has 3 aromatic rings. The van der Waals surface area contributed by atoms with Crippen LogP contribution in [0.1, 0.15) is 5.56 Å². The third-order valence-corrected chi connectivity index (χ3v) is 4.38. The van der Waals surface area contributed by atoms with Gasteiger partial charge in [0.25, 0.3) is 0 Å². The minimum atomic E-state index is -3.93. The van der Waals surface area contributed by atoms with Gasteiger partial charge >= 0.3 is 0 Å². The summed E-state index contributed by atoms with van der Waals surface area (Å²) in [4.78, 5) is 3.67. The molecule has 26 heavy (non-hydrogen) atoms. The van der Waals surface area contributed by atoms with Crippen molar-refractivity contribution < 1.29 is 17.2 Å². The number of sulfonamides is 1. The van der Waals surface area contributed by atoms with Gasteiger partial charge in [-0.3, -0.25) is 0 Å². The van der Waals surface area contributed by atoms with Gasteiger partial charge < -0.3 is 5.73 Å². The highest BCUT2D eigenvalue weighted by atomic mass is 32.2. The molecule has 0 atom stereocenters. The second-order valence-corrected chi connectivity index (χ2v) is 6.72. The standard InChI is InChI=1S/C15H10F2N6O2S/c16-8-1-3-10(12(17)5-8)14-11(6-18)15(19)23(22-14)13-4-2-9(7-21-13)26(20,24)25/h1-5,7H,19H2,(H2,20,24,25). The maximum Gasteiger partial charge on any atom is 0.239 e. The molecular weight excluding hydrogens is 366 g/mol. The van der Waals surface area contributed by atoms with Crippen molar-refractivity contribution in [2.75, 3.05) is 5.73 Å². The summed E-state index contributed by atoms with van der Waals surface area (Å²) in [5, 5.41) is 18.4. The summed E-state index contributed by atoms with van der Waals surface area (Å²) in [6.07, 6.45) is 0.996. The molecule has 0 saturated heterocycles. The van der Waals surface area contributed by atoms with Gasteiger partial charge in [0.2, 0.25) is 10.0 Å². The Morgan fingerprint density at radius 2 is 1.92 bits per heavy atom. The number of hydrogen-bond donors (Lipinski definition) is 2. The first kappa shape index (κ1) is 17.5. The average Bonchev–Trinajstić information content (AvgIpc) is 2.90. The number of pyridine rings is 1. The number of rotatable bonds is 3. The minimum Gasteiger partial charge on any atom is -0.382 e. The SMILES string of the molecule is N#Cc1c(-c2ccc(F)cc2F)nn(-c2ccc(S(N)(=O)=O)cn2)c1N. The van der Waals surface area contributed by atoms with Crippen molar-refractivity contribution in [3.8, 4) is 23.1 Å². The van der Waals surface area contributed by atoms with E-state index in [0.717, 1.165) is 23.0 Å². The van der Waals surface area contributed by atoms with E-state index in [4.69, 9.17) is 10.9 Å². The normalized spacial score (nSPS) is 11.3. The number of hydrogen-bond acceptors (Lipinski definition) is 6. The Labute approximate surface area is 146 Å². The number of nitriles is 1. The van der Waals surface area contributed by atoms with E-state index in [1.807, 2.05) is 6.07 Å². The number of nitrogen functional groups attached to an aromatic ring is 1. The van der Waals surface area contributed by atoms with E-state index in [1.165, 1.54) is 12.1 Å². The lowest BCUT2D eigenvalue weighted by atomic mass is 10.1. The van der Waals surface area contributed by atoms with Crippen LogP contribution in [0.5, 0.6) is 0 Å². The molecule has 4 N–H and O–H groups in total. The number of nitrogens with two attached hydrogens (primary N) is 2. The first-order valence-corrected chi connectivity index (χ1v) is 8.50. The summed E-state index contributed by atoms with van der Waals surface area (Å²) in [6, 6.07) is 7.09. The maximum atomic E-state index is 14.0. The lowest BCUT2D eigenvalue weighted by Crippen LogP contribution is -2.13. The largest absolute Gasteiger partial charge is 0.382 e. The van der Waals surface area contributed by atoms with Crippen LogP contribution in [0.25, 0.3) is 17.1 Å². The van der Waals surface area contributed by atoms with E-state index >= 15 is 0 Å². The Bertz CT molecular complexity index is 1150. The molecule has 132 valence electrons. The van der Waals surface area contributed by atoms with Crippen molar-refractivity contribution >= 4 is 15.8 Å². The number of primary sulfonamides is 1. The molecule has 0 aliphatic rings. The van der Waals surface area contributed by atoms with Crippen LogP contribution < -0.4 is 10.9 Å². The molecule has 1 aromatic carbocycles. The fourth-order valence-corrected chi connectivity index (χ4v) is 2.71. The summed E-state index contributed by atoms with van der Waals surface area (Å²) in [5.74, 6) is -1.75. The maximum absolute atomic E-state index is 14.0. The zero-order valence-corrected chi connectivity index (χ0v) is 13.7. The molecular formula is C15H10F2N6O2S. The molecule has 8 nitrogen and oxygen atoms in total. The Hall–Kier alpha value is -3.36. The van der Waals surface area contributed by atoms with E-state index < -0.39 is 21.7 Å². The number of anilines is 1.